The van der Waals surface area contributed by atoms with Crippen LogP contribution in [0.5, 0.6) is 0 Å². The van der Waals surface area contributed by atoms with E-state index in [-0.39, 0.29) is 16.8 Å². The highest BCUT2D eigenvalue weighted by atomic mass is 19.3. The Morgan fingerprint density at radius 2 is 1.75 bits per heavy atom. The summed E-state index contributed by atoms with van der Waals surface area (Å²) < 4.78 is 29.1. The number of anilines is 1. The predicted molar refractivity (Wildman–Crippen MR) is 121 cm³/mol. The first-order valence-electron chi connectivity index (χ1n) is 11.2. The van der Waals surface area contributed by atoms with Crippen molar-refractivity contribution in [2.45, 2.75) is 51.4 Å². The molecule has 0 atom stereocenters. The Labute approximate surface area is 185 Å². The number of carbonyl (C=O) groups excluding carboxylic acids is 1. The van der Waals surface area contributed by atoms with Crippen molar-refractivity contribution in [3.05, 3.63) is 75.1 Å². The number of carbonyl (C=O) groups is 1. The number of aromatic amines is 1. The molecule has 32 heavy (non-hydrogen) atoms. The second-order valence-corrected chi connectivity index (χ2v) is 9.43. The van der Waals surface area contributed by atoms with Crippen LogP contribution in [-0.2, 0) is 5.92 Å². The lowest BCUT2D eigenvalue weighted by Gasteiger charge is -2.22. The summed E-state index contributed by atoms with van der Waals surface area (Å²) in [7, 11) is 0. The average molecular weight is 437 g/mol. The lowest BCUT2D eigenvalue weighted by atomic mass is 9.87. The first-order valence-corrected chi connectivity index (χ1v) is 11.2. The van der Waals surface area contributed by atoms with Gasteiger partial charge in [-0.05, 0) is 80.2 Å². The third-order valence-electron chi connectivity index (χ3n) is 7.26. The molecular weight excluding hydrogens is 410 g/mol. The molecule has 3 aromatic rings. The van der Waals surface area contributed by atoms with Gasteiger partial charge in [0.25, 0.3) is 11.8 Å². The monoisotopic (exact) mass is 436 g/mol. The molecule has 1 amide bonds. The van der Waals surface area contributed by atoms with Crippen molar-refractivity contribution in [3.63, 3.8) is 0 Å². The Hall–Kier alpha value is -3.02. The van der Waals surface area contributed by atoms with Gasteiger partial charge in [-0.25, -0.2) is 8.78 Å². The van der Waals surface area contributed by atoms with Crippen LogP contribution in [0.15, 0.2) is 47.4 Å². The van der Waals surface area contributed by atoms with Gasteiger partial charge in [0.05, 0.1) is 5.69 Å². The van der Waals surface area contributed by atoms with Crippen LogP contribution >= 0.6 is 0 Å². The molecule has 6 heteroatoms. The lowest BCUT2D eigenvalue weighted by molar-refractivity contribution is 0.0181. The Bertz CT molecular complexity index is 1260. The van der Waals surface area contributed by atoms with Gasteiger partial charge in [-0.15, -0.1) is 0 Å². The molecule has 2 aromatic carbocycles. The van der Waals surface area contributed by atoms with Crippen LogP contribution in [0.4, 0.5) is 14.5 Å². The summed E-state index contributed by atoms with van der Waals surface area (Å²) in [6.45, 7) is 2.70. The molecular formula is C26H26F2N2O2. The second kappa shape index (κ2) is 7.54. The van der Waals surface area contributed by atoms with Gasteiger partial charge >= 0.3 is 0 Å². The van der Waals surface area contributed by atoms with E-state index in [0.29, 0.717) is 28.7 Å². The molecule has 0 unspecified atom stereocenters. The number of alkyl halides is 2. The first kappa shape index (κ1) is 20.9. The summed E-state index contributed by atoms with van der Waals surface area (Å²) in [5, 5.41) is 2.96. The second-order valence-electron chi connectivity index (χ2n) is 9.43. The molecule has 2 aliphatic rings. The molecule has 2 saturated carbocycles. The van der Waals surface area contributed by atoms with Gasteiger partial charge in [-0.1, -0.05) is 17.7 Å². The number of aromatic nitrogens is 1. The fourth-order valence-corrected chi connectivity index (χ4v) is 5.72. The van der Waals surface area contributed by atoms with E-state index in [4.69, 9.17) is 0 Å². The molecule has 0 spiro atoms. The number of pyridine rings is 1. The Balaban J connectivity index is 1.50. The van der Waals surface area contributed by atoms with Crippen molar-refractivity contribution in [2.75, 3.05) is 5.32 Å². The SMILES string of the molecule is Cc1ccc2[nH]cc(C(=O)Nc3ccc(C4C5CCC4CC5)cc3C(C)(F)F)c(=O)c2c1. The molecule has 4 nitrogen and oxygen atoms in total. The summed E-state index contributed by atoms with van der Waals surface area (Å²) >= 11 is 0. The summed E-state index contributed by atoms with van der Waals surface area (Å²) in [5.74, 6) is -2.36. The van der Waals surface area contributed by atoms with Crippen molar-refractivity contribution in [1.29, 1.82) is 0 Å². The van der Waals surface area contributed by atoms with E-state index in [1.807, 2.05) is 19.1 Å². The van der Waals surface area contributed by atoms with Gasteiger partial charge in [0.15, 0.2) is 0 Å². The molecule has 2 aliphatic carbocycles. The molecule has 166 valence electrons. The maximum absolute atomic E-state index is 14.6. The summed E-state index contributed by atoms with van der Waals surface area (Å²) in [6, 6.07) is 10.3. The third kappa shape index (κ3) is 3.51. The Kier molecular flexibility index (Phi) is 4.91. The number of halogens is 2. The van der Waals surface area contributed by atoms with E-state index >= 15 is 0 Å². The summed E-state index contributed by atoms with van der Waals surface area (Å²) in [6.07, 6.45) is 5.99. The van der Waals surface area contributed by atoms with Crippen LogP contribution in [-0.4, -0.2) is 10.9 Å². The van der Waals surface area contributed by atoms with Crippen LogP contribution < -0.4 is 10.7 Å². The smallest absolute Gasteiger partial charge is 0.272 e. The third-order valence-corrected chi connectivity index (χ3v) is 7.26. The molecule has 2 fully saturated rings. The van der Waals surface area contributed by atoms with Crippen molar-refractivity contribution >= 4 is 22.5 Å². The summed E-state index contributed by atoms with van der Waals surface area (Å²) in [4.78, 5) is 28.7. The summed E-state index contributed by atoms with van der Waals surface area (Å²) in [5.41, 5.74) is 1.75. The van der Waals surface area contributed by atoms with Crippen LogP contribution in [0.25, 0.3) is 10.9 Å². The van der Waals surface area contributed by atoms with Crippen molar-refractivity contribution < 1.29 is 13.6 Å². The highest BCUT2D eigenvalue weighted by Gasteiger charge is 2.43. The minimum atomic E-state index is -3.12. The van der Waals surface area contributed by atoms with E-state index in [1.54, 1.807) is 24.3 Å². The van der Waals surface area contributed by atoms with Crippen molar-refractivity contribution in [3.8, 4) is 0 Å². The van der Waals surface area contributed by atoms with Gasteiger partial charge in [-0.3, -0.25) is 9.59 Å². The van der Waals surface area contributed by atoms with E-state index in [2.05, 4.69) is 10.3 Å². The molecule has 5 rings (SSSR count). The van der Waals surface area contributed by atoms with Crippen LogP contribution in [0.1, 0.15) is 65.6 Å². The lowest BCUT2D eigenvalue weighted by Crippen LogP contribution is -2.24. The van der Waals surface area contributed by atoms with Crippen molar-refractivity contribution in [1.82, 2.24) is 4.98 Å². The normalized spacial score (nSPS) is 22.4. The largest absolute Gasteiger partial charge is 0.360 e. The van der Waals surface area contributed by atoms with E-state index in [9.17, 15) is 18.4 Å². The van der Waals surface area contributed by atoms with Crippen LogP contribution in [0.2, 0.25) is 0 Å². The van der Waals surface area contributed by atoms with E-state index < -0.39 is 17.3 Å². The van der Waals surface area contributed by atoms with Gasteiger partial charge < -0.3 is 10.3 Å². The Morgan fingerprint density at radius 3 is 2.41 bits per heavy atom. The molecule has 1 heterocycles. The number of fused-ring (bicyclic) bond motifs is 3. The fraction of sp³-hybridized carbons (Fsp3) is 0.385. The van der Waals surface area contributed by atoms with Crippen LogP contribution in [0, 0.1) is 18.8 Å². The van der Waals surface area contributed by atoms with E-state index in [0.717, 1.165) is 43.7 Å². The zero-order valence-electron chi connectivity index (χ0n) is 18.2. The topological polar surface area (TPSA) is 62.0 Å². The number of amides is 1. The minimum absolute atomic E-state index is 0.0420. The maximum atomic E-state index is 14.6. The van der Waals surface area contributed by atoms with Gasteiger partial charge in [-0.2, -0.15) is 0 Å². The Morgan fingerprint density at radius 1 is 1.06 bits per heavy atom. The van der Waals surface area contributed by atoms with Gasteiger partial charge in [0, 0.05) is 29.6 Å². The molecule has 2 N–H and O–H groups in total. The standard InChI is InChI=1S/C26H26F2N2O2/c1-14-3-9-21-18(11-14)24(31)19(13-29-21)25(32)30-22-10-8-17(12-20(22)26(2,27)28)23-15-4-5-16(23)7-6-15/h3,8-13,15-16,23H,4-7H2,1-2H3,(H,29,31)(H,30,32). The molecule has 2 bridgehead atoms. The maximum Gasteiger partial charge on any atom is 0.272 e. The molecule has 1 aromatic heterocycles. The van der Waals surface area contributed by atoms with Gasteiger partial charge in [0.1, 0.15) is 5.56 Å². The number of H-pyrrole nitrogens is 1. The highest BCUT2D eigenvalue weighted by molar-refractivity contribution is 6.06. The first-order chi connectivity index (χ1) is 15.2. The quantitative estimate of drug-likeness (QED) is 0.519. The minimum Gasteiger partial charge on any atom is -0.360 e. The van der Waals surface area contributed by atoms with Crippen molar-refractivity contribution in [2.24, 2.45) is 11.8 Å². The zero-order valence-corrected chi connectivity index (χ0v) is 18.2. The number of nitrogens with one attached hydrogen (secondary N) is 2. The molecule has 0 saturated heterocycles. The average Bonchev–Trinajstić information content (AvgIpc) is 3.34. The molecule has 0 aliphatic heterocycles. The highest BCUT2D eigenvalue weighted by Crippen LogP contribution is 2.55. The number of rotatable bonds is 4. The number of hydrogen-bond donors (Lipinski definition) is 2. The predicted octanol–water partition coefficient (Wildman–Crippen LogP) is 6.10. The number of aryl methyl sites for hydroxylation is 1. The van der Waals surface area contributed by atoms with Crippen LogP contribution in [0.3, 0.4) is 0 Å². The fourth-order valence-electron chi connectivity index (χ4n) is 5.72. The van der Waals surface area contributed by atoms with E-state index in [1.165, 1.54) is 6.20 Å². The van der Waals surface area contributed by atoms with Gasteiger partial charge in [0.2, 0.25) is 5.43 Å². The molecule has 0 radical (unpaired) electrons. The number of benzene rings is 2. The zero-order chi connectivity index (χ0) is 22.6. The number of hydrogen-bond acceptors (Lipinski definition) is 2.